The molecule has 0 heterocycles. The Bertz CT molecular complexity index is 344. The molecule has 1 aliphatic carbocycles. The molecule has 0 amide bonds. The van der Waals surface area contributed by atoms with Gasteiger partial charge in [0.1, 0.15) is 5.75 Å². The van der Waals surface area contributed by atoms with Crippen LogP contribution in [0.25, 0.3) is 0 Å². The molecule has 0 atom stereocenters. The molecule has 1 saturated carbocycles. The molecule has 0 spiro atoms. The zero-order valence-corrected chi connectivity index (χ0v) is 11.6. The summed E-state index contributed by atoms with van der Waals surface area (Å²) in [7, 11) is 0. The summed E-state index contributed by atoms with van der Waals surface area (Å²) >= 11 is 3.50. The Balaban J connectivity index is 2.19. The normalized spacial score (nSPS) is 16.7. The molecule has 1 aromatic rings. The van der Waals surface area contributed by atoms with E-state index in [2.05, 4.69) is 41.9 Å². The van der Waals surface area contributed by atoms with Crippen LogP contribution in [0.15, 0.2) is 12.1 Å². The average Bonchev–Trinajstić information content (AvgIpc) is 2.75. The lowest BCUT2D eigenvalue weighted by atomic mass is 10.1. The zero-order valence-electron chi connectivity index (χ0n) is 10.1. The summed E-state index contributed by atoms with van der Waals surface area (Å²) < 4.78 is 6.12. The second-order valence-electron chi connectivity index (χ2n) is 4.72. The van der Waals surface area contributed by atoms with Crippen molar-refractivity contribution in [3.05, 3.63) is 28.8 Å². The van der Waals surface area contributed by atoms with Gasteiger partial charge in [-0.2, -0.15) is 0 Å². The van der Waals surface area contributed by atoms with Gasteiger partial charge in [0.15, 0.2) is 0 Å². The molecular formula is C14H19BrO. The minimum Gasteiger partial charge on any atom is -0.490 e. The van der Waals surface area contributed by atoms with Gasteiger partial charge in [0, 0.05) is 5.33 Å². The second-order valence-corrected chi connectivity index (χ2v) is 5.28. The standard InChI is InChI=1S/C14H19BrO/c1-10-7-12(9-15)8-11(2)14(10)16-13-5-3-4-6-13/h7-8,13H,3-6,9H2,1-2H3. The van der Waals surface area contributed by atoms with E-state index in [1.807, 2.05) is 0 Å². The third-order valence-corrected chi connectivity index (χ3v) is 3.91. The van der Waals surface area contributed by atoms with E-state index in [9.17, 15) is 0 Å². The number of alkyl halides is 1. The van der Waals surface area contributed by atoms with E-state index >= 15 is 0 Å². The molecule has 1 aromatic carbocycles. The lowest BCUT2D eigenvalue weighted by Crippen LogP contribution is -2.12. The molecular weight excluding hydrogens is 264 g/mol. The summed E-state index contributed by atoms with van der Waals surface area (Å²) in [5.74, 6) is 1.11. The number of hydrogen-bond donors (Lipinski definition) is 0. The minimum atomic E-state index is 0.451. The van der Waals surface area contributed by atoms with Crippen molar-refractivity contribution in [1.29, 1.82) is 0 Å². The first kappa shape index (κ1) is 12.0. The number of benzene rings is 1. The van der Waals surface area contributed by atoms with Crippen LogP contribution >= 0.6 is 15.9 Å². The fourth-order valence-corrected chi connectivity index (χ4v) is 2.80. The maximum Gasteiger partial charge on any atom is 0.125 e. The Morgan fingerprint density at radius 3 is 2.25 bits per heavy atom. The Kier molecular flexibility index (Phi) is 3.91. The lowest BCUT2D eigenvalue weighted by molar-refractivity contribution is 0.207. The van der Waals surface area contributed by atoms with Crippen molar-refractivity contribution in [3.8, 4) is 5.75 Å². The van der Waals surface area contributed by atoms with Crippen LogP contribution in [-0.4, -0.2) is 6.10 Å². The van der Waals surface area contributed by atoms with Gasteiger partial charge in [-0.05, 0) is 56.2 Å². The maximum absolute atomic E-state index is 6.12. The molecule has 2 rings (SSSR count). The van der Waals surface area contributed by atoms with Crippen molar-refractivity contribution < 1.29 is 4.74 Å². The predicted octanol–water partition coefficient (Wildman–Crippen LogP) is 4.52. The highest BCUT2D eigenvalue weighted by Gasteiger charge is 2.18. The van der Waals surface area contributed by atoms with Crippen LogP contribution in [0.5, 0.6) is 5.75 Å². The van der Waals surface area contributed by atoms with Crippen LogP contribution in [0.3, 0.4) is 0 Å². The van der Waals surface area contributed by atoms with Gasteiger partial charge in [-0.3, -0.25) is 0 Å². The average molecular weight is 283 g/mol. The molecule has 1 fully saturated rings. The van der Waals surface area contributed by atoms with Crippen molar-refractivity contribution >= 4 is 15.9 Å². The topological polar surface area (TPSA) is 9.23 Å². The molecule has 2 heteroatoms. The maximum atomic E-state index is 6.12. The van der Waals surface area contributed by atoms with Gasteiger partial charge in [-0.25, -0.2) is 0 Å². The third kappa shape index (κ3) is 2.60. The van der Waals surface area contributed by atoms with Crippen LogP contribution < -0.4 is 4.74 Å². The van der Waals surface area contributed by atoms with Crippen LogP contribution in [0.1, 0.15) is 42.4 Å². The van der Waals surface area contributed by atoms with Crippen molar-refractivity contribution in [2.24, 2.45) is 0 Å². The molecule has 0 radical (unpaired) electrons. The fourth-order valence-electron chi connectivity index (χ4n) is 2.48. The molecule has 0 aliphatic heterocycles. The van der Waals surface area contributed by atoms with Crippen LogP contribution in [0.2, 0.25) is 0 Å². The summed E-state index contributed by atoms with van der Waals surface area (Å²) in [6.07, 6.45) is 5.54. The van der Waals surface area contributed by atoms with E-state index in [0.29, 0.717) is 6.10 Å². The van der Waals surface area contributed by atoms with Gasteiger partial charge in [0.2, 0.25) is 0 Å². The van der Waals surface area contributed by atoms with Crippen LogP contribution in [0, 0.1) is 13.8 Å². The van der Waals surface area contributed by atoms with Crippen LogP contribution in [-0.2, 0) is 5.33 Å². The predicted molar refractivity (Wildman–Crippen MR) is 71.4 cm³/mol. The van der Waals surface area contributed by atoms with Gasteiger partial charge in [-0.1, -0.05) is 28.1 Å². The molecule has 1 nitrogen and oxygen atoms in total. The van der Waals surface area contributed by atoms with Crippen molar-refractivity contribution in [3.63, 3.8) is 0 Å². The van der Waals surface area contributed by atoms with E-state index in [1.54, 1.807) is 0 Å². The van der Waals surface area contributed by atoms with E-state index in [1.165, 1.54) is 42.4 Å². The summed E-state index contributed by atoms with van der Waals surface area (Å²) in [6.45, 7) is 4.28. The molecule has 0 saturated heterocycles. The smallest absolute Gasteiger partial charge is 0.125 e. The molecule has 0 bridgehead atoms. The SMILES string of the molecule is Cc1cc(CBr)cc(C)c1OC1CCCC1. The zero-order chi connectivity index (χ0) is 11.5. The third-order valence-electron chi connectivity index (χ3n) is 3.26. The van der Waals surface area contributed by atoms with E-state index in [-0.39, 0.29) is 0 Å². The van der Waals surface area contributed by atoms with E-state index in [4.69, 9.17) is 4.74 Å². The van der Waals surface area contributed by atoms with Gasteiger partial charge in [0.05, 0.1) is 6.10 Å². The summed E-state index contributed by atoms with van der Waals surface area (Å²) in [5.41, 5.74) is 3.86. The Labute approximate surface area is 106 Å². The molecule has 0 unspecified atom stereocenters. The highest BCUT2D eigenvalue weighted by Crippen LogP contribution is 2.30. The Morgan fingerprint density at radius 1 is 1.19 bits per heavy atom. The molecule has 0 N–H and O–H groups in total. The first-order valence-corrected chi connectivity index (χ1v) is 7.15. The second kappa shape index (κ2) is 5.22. The largest absolute Gasteiger partial charge is 0.490 e. The number of aryl methyl sites for hydroxylation is 2. The number of hydrogen-bond acceptors (Lipinski definition) is 1. The summed E-state index contributed by atoms with van der Waals surface area (Å²) in [6, 6.07) is 4.43. The highest BCUT2D eigenvalue weighted by molar-refractivity contribution is 9.08. The number of ether oxygens (including phenoxy) is 1. The minimum absolute atomic E-state index is 0.451. The summed E-state index contributed by atoms with van der Waals surface area (Å²) in [5, 5.41) is 0.915. The monoisotopic (exact) mass is 282 g/mol. The molecule has 16 heavy (non-hydrogen) atoms. The highest BCUT2D eigenvalue weighted by atomic mass is 79.9. The lowest BCUT2D eigenvalue weighted by Gasteiger charge is -2.18. The Hall–Kier alpha value is -0.500. The van der Waals surface area contributed by atoms with Gasteiger partial charge < -0.3 is 4.74 Å². The fraction of sp³-hybridized carbons (Fsp3) is 0.571. The molecule has 1 aliphatic rings. The van der Waals surface area contributed by atoms with E-state index < -0.39 is 0 Å². The van der Waals surface area contributed by atoms with Crippen molar-refractivity contribution in [2.45, 2.75) is 51.0 Å². The van der Waals surface area contributed by atoms with E-state index in [0.717, 1.165) is 11.1 Å². The quantitative estimate of drug-likeness (QED) is 0.741. The first-order valence-electron chi connectivity index (χ1n) is 6.03. The first-order chi connectivity index (χ1) is 7.70. The van der Waals surface area contributed by atoms with Crippen molar-refractivity contribution in [1.82, 2.24) is 0 Å². The Morgan fingerprint density at radius 2 is 1.75 bits per heavy atom. The molecule has 88 valence electrons. The van der Waals surface area contributed by atoms with Gasteiger partial charge >= 0.3 is 0 Å². The number of rotatable bonds is 3. The van der Waals surface area contributed by atoms with Crippen molar-refractivity contribution in [2.75, 3.05) is 0 Å². The molecule has 0 aromatic heterocycles. The summed E-state index contributed by atoms with van der Waals surface area (Å²) in [4.78, 5) is 0. The van der Waals surface area contributed by atoms with Crippen LogP contribution in [0.4, 0.5) is 0 Å². The van der Waals surface area contributed by atoms with Gasteiger partial charge in [0.25, 0.3) is 0 Å². The number of halogens is 1. The van der Waals surface area contributed by atoms with Gasteiger partial charge in [-0.15, -0.1) is 0 Å².